The number of carbonyl (C=O) groups is 1. The molecule has 0 radical (unpaired) electrons. The molecule has 2 N–H and O–H groups in total. The Morgan fingerprint density at radius 1 is 1.04 bits per heavy atom. The second-order valence-electron chi connectivity index (χ2n) is 6.47. The molecule has 0 bridgehead atoms. The number of hydrogen-bond donors (Lipinski definition) is 2. The van der Waals surface area contributed by atoms with E-state index in [4.69, 9.17) is 4.74 Å². The van der Waals surface area contributed by atoms with Crippen LogP contribution in [0.15, 0.2) is 23.1 Å². The van der Waals surface area contributed by atoms with Gasteiger partial charge in [0.15, 0.2) is 0 Å². The third kappa shape index (κ3) is 8.67. The monoisotopic (exact) mass is 385 g/mol. The molecule has 0 aliphatic heterocycles. The highest BCUT2D eigenvalue weighted by Crippen LogP contribution is 2.27. The molecule has 0 saturated heterocycles. The second kappa shape index (κ2) is 11.9. The fourth-order valence-electron chi connectivity index (χ4n) is 2.78. The minimum Gasteiger partial charge on any atom is -0.495 e. The van der Waals surface area contributed by atoms with Gasteiger partial charge in [-0.1, -0.05) is 58.3 Å². The molecule has 0 saturated carbocycles. The van der Waals surface area contributed by atoms with Crippen molar-refractivity contribution in [2.45, 2.75) is 76.0 Å². The Morgan fingerprint density at radius 3 is 2.15 bits per heavy atom. The molecule has 6 nitrogen and oxygen atoms in total. The zero-order valence-electron chi connectivity index (χ0n) is 15.8. The average molecular weight is 386 g/mol. The van der Waals surface area contributed by atoms with Crippen molar-refractivity contribution in [1.82, 2.24) is 0 Å². The van der Waals surface area contributed by atoms with Gasteiger partial charge in [-0.3, -0.25) is 9.35 Å². The van der Waals surface area contributed by atoms with Crippen molar-refractivity contribution in [1.29, 1.82) is 0 Å². The van der Waals surface area contributed by atoms with Crippen molar-refractivity contribution in [3.63, 3.8) is 0 Å². The van der Waals surface area contributed by atoms with Gasteiger partial charge in [-0.05, 0) is 24.6 Å². The summed E-state index contributed by atoms with van der Waals surface area (Å²) in [6, 6.07) is 4.14. The Morgan fingerprint density at radius 2 is 1.62 bits per heavy atom. The number of ether oxygens (including phenoxy) is 1. The van der Waals surface area contributed by atoms with E-state index >= 15 is 0 Å². The largest absolute Gasteiger partial charge is 0.495 e. The van der Waals surface area contributed by atoms with Gasteiger partial charge in [0, 0.05) is 12.1 Å². The highest BCUT2D eigenvalue weighted by molar-refractivity contribution is 7.86. The standard InChI is InChI=1S/C19H31NO5S/c1-3-4-5-6-7-8-9-10-11-12-19(21)20-16-13-14-17(25-2)18(15-16)26(22,23)24/h13-15H,3-12H2,1-2H3,(H,20,21)(H,22,23,24). The molecule has 0 spiro atoms. The van der Waals surface area contributed by atoms with Crippen molar-refractivity contribution < 1.29 is 22.5 Å². The minimum atomic E-state index is -4.42. The van der Waals surface area contributed by atoms with Crippen LogP contribution in [0.2, 0.25) is 0 Å². The van der Waals surface area contributed by atoms with Crippen molar-refractivity contribution in [3.05, 3.63) is 18.2 Å². The van der Waals surface area contributed by atoms with Gasteiger partial charge < -0.3 is 10.1 Å². The van der Waals surface area contributed by atoms with E-state index in [1.165, 1.54) is 57.8 Å². The molecule has 1 amide bonds. The lowest BCUT2D eigenvalue weighted by molar-refractivity contribution is -0.116. The Labute approximate surface area is 157 Å². The minimum absolute atomic E-state index is 0.0319. The third-order valence-electron chi connectivity index (χ3n) is 4.23. The summed E-state index contributed by atoms with van der Waals surface area (Å²) in [5, 5.41) is 2.66. The van der Waals surface area contributed by atoms with Crippen molar-refractivity contribution in [3.8, 4) is 5.75 Å². The summed E-state index contributed by atoms with van der Waals surface area (Å²) in [6.07, 6.45) is 11.0. The summed E-state index contributed by atoms with van der Waals surface area (Å²) in [4.78, 5) is 11.6. The number of benzene rings is 1. The van der Waals surface area contributed by atoms with Gasteiger partial charge in [-0.25, -0.2) is 0 Å². The lowest BCUT2D eigenvalue weighted by Crippen LogP contribution is -2.12. The molecule has 0 aromatic heterocycles. The molecule has 1 rings (SSSR count). The molecule has 0 heterocycles. The van der Waals surface area contributed by atoms with E-state index in [2.05, 4.69) is 12.2 Å². The number of unbranched alkanes of at least 4 members (excludes halogenated alkanes) is 8. The van der Waals surface area contributed by atoms with Gasteiger partial charge in [0.2, 0.25) is 5.91 Å². The topological polar surface area (TPSA) is 92.7 Å². The Balaban J connectivity index is 2.33. The first-order chi connectivity index (χ1) is 12.4. The van der Waals surface area contributed by atoms with Crippen LogP contribution >= 0.6 is 0 Å². The lowest BCUT2D eigenvalue weighted by Gasteiger charge is -2.10. The predicted octanol–water partition coefficient (Wildman–Crippen LogP) is 4.80. The Hall–Kier alpha value is -1.60. The molecule has 7 heteroatoms. The molecule has 0 aliphatic carbocycles. The molecular weight excluding hydrogens is 354 g/mol. The molecule has 1 aromatic rings. The maximum absolute atomic E-state index is 12.0. The van der Waals surface area contributed by atoms with Crippen LogP contribution in [0.25, 0.3) is 0 Å². The first kappa shape index (κ1) is 22.4. The van der Waals surface area contributed by atoms with E-state index in [9.17, 15) is 17.8 Å². The summed E-state index contributed by atoms with van der Waals surface area (Å²) in [5.41, 5.74) is 0.319. The van der Waals surface area contributed by atoms with Gasteiger partial charge in [-0.2, -0.15) is 8.42 Å². The smallest absolute Gasteiger partial charge is 0.298 e. The maximum atomic E-state index is 12.0. The normalized spacial score (nSPS) is 11.3. The molecule has 0 fully saturated rings. The third-order valence-corrected chi connectivity index (χ3v) is 5.11. The number of anilines is 1. The highest BCUT2D eigenvalue weighted by Gasteiger charge is 2.17. The molecule has 0 aliphatic rings. The van der Waals surface area contributed by atoms with E-state index in [0.717, 1.165) is 19.3 Å². The SMILES string of the molecule is CCCCCCCCCCCC(=O)Nc1ccc(OC)c(S(=O)(=O)O)c1. The van der Waals surface area contributed by atoms with E-state index in [-0.39, 0.29) is 16.6 Å². The second-order valence-corrected chi connectivity index (χ2v) is 7.86. The van der Waals surface area contributed by atoms with Crippen LogP contribution in [-0.4, -0.2) is 26.0 Å². The first-order valence-corrected chi connectivity index (χ1v) is 10.8. The van der Waals surface area contributed by atoms with Gasteiger partial charge in [0.1, 0.15) is 10.6 Å². The molecule has 26 heavy (non-hydrogen) atoms. The number of rotatable bonds is 13. The van der Waals surface area contributed by atoms with Crippen LogP contribution in [0.4, 0.5) is 5.69 Å². The maximum Gasteiger partial charge on any atom is 0.298 e. The summed E-state index contributed by atoms with van der Waals surface area (Å²) in [5.74, 6) is -0.135. The van der Waals surface area contributed by atoms with Crippen LogP contribution in [0.3, 0.4) is 0 Å². The predicted molar refractivity (Wildman–Crippen MR) is 103 cm³/mol. The van der Waals surface area contributed by atoms with Crippen LogP contribution in [0.5, 0.6) is 5.75 Å². The van der Waals surface area contributed by atoms with Crippen molar-refractivity contribution >= 4 is 21.7 Å². The van der Waals surface area contributed by atoms with E-state index in [0.29, 0.717) is 12.1 Å². The zero-order chi connectivity index (χ0) is 19.4. The number of methoxy groups -OCH3 is 1. The number of hydrogen-bond acceptors (Lipinski definition) is 4. The van der Waals surface area contributed by atoms with Crippen LogP contribution < -0.4 is 10.1 Å². The van der Waals surface area contributed by atoms with E-state index in [1.807, 2.05) is 0 Å². The molecular formula is C19H31NO5S. The van der Waals surface area contributed by atoms with Gasteiger partial charge in [0.25, 0.3) is 10.1 Å². The zero-order valence-corrected chi connectivity index (χ0v) is 16.6. The lowest BCUT2D eigenvalue weighted by atomic mass is 10.1. The van der Waals surface area contributed by atoms with Gasteiger partial charge in [0.05, 0.1) is 7.11 Å². The summed E-state index contributed by atoms with van der Waals surface area (Å²) >= 11 is 0. The highest BCUT2D eigenvalue weighted by atomic mass is 32.2. The van der Waals surface area contributed by atoms with Crippen LogP contribution in [0.1, 0.15) is 71.1 Å². The molecule has 1 aromatic carbocycles. The fraction of sp³-hybridized carbons (Fsp3) is 0.632. The molecule has 148 valence electrons. The number of carbonyl (C=O) groups excluding carboxylic acids is 1. The first-order valence-electron chi connectivity index (χ1n) is 9.34. The fourth-order valence-corrected chi connectivity index (χ4v) is 3.46. The average Bonchev–Trinajstić information content (AvgIpc) is 2.59. The van der Waals surface area contributed by atoms with Crippen LogP contribution in [0, 0.1) is 0 Å². The van der Waals surface area contributed by atoms with Gasteiger partial charge >= 0.3 is 0 Å². The number of nitrogens with one attached hydrogen (secondary N) is 1. The Kier molecular flexibility index (Phi) is 10.3. The van der Waals surface area contributed by atoms with E-state index in [1.54, 1.807) is 6.07 Å². The molecule has 0 unspecified atom stereocenters. The quantitative estimate of drug-likeness (QED) is 0.376. The molecule has 0 atom stereocenters. The van der Waals surface area contributed by atoms with Crippen LogP contribution in [-0.2, 0) is 14.9 Å². The summed E-state index contributed by atoms with van der Waals surface area (Å²) < 4.78 is 36.9. The summed E-state index contributed by atoms with van der Waals surface area (Å²) in [6.45, 7) is 2.21. The number of amides is 1. The van der Waals surface area contributed by atoms with E-state index < -0.39 is 10.1 Å². The van der Waals surface area contributed by atoms with Gasteiger partial charge in [-0.15, -0.1) is 0 Å². The van der Waals surface area contributed by atoms with Crippen molar-refractivity contribution in [2.24, 2.45) is 0 Å². The Bertz CT molecular complexity index is 658. The van der Waals surface area contributed by atoms with Crippen molar-refractivity contribution in [2.75, 3.05) is 12.4 Å². The summed E-state index contributed by atoms with van der Waals surface area (Å²) in [7, 11) is -3.10.